The number of H-pyrrole nitrogens is 1. The molecule has 4 heterocycles. The van der Waals surface area contributed by atoms with Gasteiger partial charge in [0.15, 0.2) is 11.8 Å². The molecule has 14 nitrogen and oxygen atoms in total. The Kier molecular flexibility index (Phi) is 8.96. The van der Waals surface area contributed by atoms with E-state index in [-0.39, 0.29) is 41.4 Å². The first-order valence-corrected chi connectivity index (χ1v) is 17.7. The van der Waals surface area contributed by atoms with Crippen molar-refractivity contribution in [1.82, 2.24) is 15.0 Å². The van der Waals surface area contributed by atoms with Gasteiger partial charge in [-0.15, -0.1) is 0 Å². The third kappa shape index (κ3) is 6.23. The zero-order valence-corrected chi connectivity index (χ0v) is 29.6. The van der Waals surface area contributed by atoms with Crippen LogP contribution in [0.2, 0.25) is 0 Å². The van der Waals surface area contributed by atoms with Gasteiger partial charge in [0.2, 0.25) is 0 Å². The van der Waals surface area contributed by atoms with E-state index < -0.39 is 34.3 Å². The van der Waals surface area contributed by atoms with Gasteiger partial charge in [0.25, 0.3) is 10.0 Å². The second-order valence-electron chi connectivity index (χ2n) is 12.2. The van der Waals surface area contributed by atoms with Crippen molar-refractivity contribution in [3.63, 3.8) is 0 Å². The Morgan fingerprint density at radius 1 is 0.808 bits per heavy atom. The summed E-state index contributed by atoms with van der Waals surface area (Å²) in [5.74, 6) is -0.396. The van der Waals surface area contributed by atoms with Crippen molar-refractivity contribution in [2.45, 2.75) is 50.5 Å². The van der Waals surface area contributed by atoms with E-state index in [1.54, 1.807) is 50.2 Å². The summed E-state index contributed by atoms with van der Waals surface area (Å²) in [5.41, 5.74) is 4.65. The first-order valence-electron chi connectivity index (χ1n) is 16.2. The fourth-order valence-electron chi connectivity index (χ4n) is 6.71. The van der Waals surface area contributed by atoms with Gasteiger partial charge in [-0.25, -0.2) is 28.0 Å². The van der Waals surface area contributed by atoms with E-state index in [9.17, 15) is 18.0 Å². The van der Waals surface area contributed by atoms with Crippen LogP contribution < -0.4 is 13.8 Å². The van der Waals surface area contributed by atoms with Gasteiger partial charge in [-0.3, -0.25) is 4.31 Å². The number of fused-ring (bicyclic) bond motifs is 2. The van der Waals surface area contributed by atoms with Gasteiger partial charge >= 0.3 is 24.2 Å². The lowest BCUT2D eigenvalue weighted by atomic mass is 9.87. The van der Waals surface area contributed by atoms with Crippen LogP contribution in [0, 0.1) is 20.8 Å². The molecule has 0 aliphatic carbocycles. The molecule has 1 aliphatic rings. The van der Waals surface area contributed by atoms with Crippen molar-refractivity contribution in [2.75, 3.05) is 18.5 Å². The topological polar surface area (TPSA) is 176 Å². The molecule has 0 spiro atoms. The van der Waals surface area contributed by atoms with Crippen molar-refractivity contribution in [3.8, 4) is 11.9 Å². The number of rotatable bonds is 9. The molecule has 268 valence electrons. The minimum absolute atomic E-state index is 0.0841. The Hall–Kier alpha value is -6.09. The van der Waals surface area contributed by atoms with Gasteiger partial charge in [-0.1, -0.05) is 54.1 Å². The lowest BCUT2D eigenvalue weighted by molar-refractivity contribution is 0.109. The van der Waals surface area contributed by atoms with Gasteiger partial charge in [-0.05, 0) is 42.3 Å². The number of benzene rings is 3. The number of anilines is 1. The molecule has 3 aromatic heterocycles. The van der Waals surface area contributed by atoms with Crippen LogP contribution in [0.3, 0.4) is 0 Å². The third-order valence-electron chi connectivity index (χ3n) is 8.91. The first kappa shape index (κ1) is 34.4. The Morgan fingerprint density at radius 3 is 2.08 bits per heavy atom. The van der Waals surface area contributed by atoms with Crippen molar-refractivity contribution < 1.29 is 45.8 Å². The van der Waals surface area contributed by atoms with Crippen LogP contribution in [0.1, 0.15) is 57.5 Å². The molecule has 52 heavy (non-hydrogen) atoms. The number of carbonyl (C=O) groups is 2. The SMILES string of the molecule is COC(=O)Oc1oc(C)nc1Cc1c([C@@H]2[C@@H](Cc3nc(C)oc3OC(=O)OC)c3ccccc3N2S(=O)(=O)c2ccc(C)cc2)[nH]c2ccccc12. The van der Waals surface area contributed by atoms with E-state index in [1.807, 2.05) is 43.3 Å². The number of para-hydroxylation sites is 2. The van der Waals surface area contributed by atoms with Crippen molar-refractivity contribution in [2.24, 2.45) is 0 Å². The van der Waals surface area contributed by atoms with Crippen LogP contribution in [0.5, 0.6) is 11.9 Å². The second-order valence-corrected chi connectivity index (χ2v) is 14.0. The smallest absolute Gasteiger partial charge is 0.437 e. The highest BCUT2D eigenvalue weighted by Gasteiger charge is 2.48. The summed E-state index contributed by atoms with van der Waals surface area (Å²) in [5, 5.41) is 0.788. The standard InChI is InChI=1S/C37H34N4O10S/c1-20-14-16-23(17-15-20)52(44,45)41-31-13-9-7-11-25(31)27(19-30-35(49-22(3)39-30)51-37(43)47-5)33(41)32-26(24-10-6-8-12-28(24)40-32)18-29-34(48-21(2)38-29)50-36(42)46-4/h6-17,27,33,40H,18-19H2,1-5H3/t27-,33-/m0/s1. The molecule has 0 bridgehead atoms. The van der Waals surface area contributed by atoms with E-state index in [4.69, 9.17) is 27.8 Å². The maximum atomic E-state index is 14.9. The molecule has 0 amide bonds. The van der Waals surface area contributed by atoms with E-state index in [0.29, 0.717) is 33.9 Å². The largest absolute Gasteiger partial charge is 0.516 e. The van der Waals surface area contributed by atoms with E-state index in [2.05, 4.69) is 15.0 Å². The average Bonchev–Trinajstić information content (AvgIpc) is 3.86. The average molecular weight is 727 g/mol. The molecule has 7 rings (SSSR count). The maximum absolute atomic E-state index is 14.9. The number of aromatic amines is 1. The first-order chi connectivity index (χ1) is 25.0. The molecule has 6 aromatic rings. The molecule has 2 atom stereocenters. The number of carbonyl (C=O) groups excluding carboxylic acids is 2. The zero-order chi connectivity index (χ0) is 36.7. The normalized spacial score (nSPS) is 15.4. The highest BCUT2D eigenvalue weighted by atomic mass is 32.2. The molecule has 1 N–H and O–H groups in total. The maximum Gasteiger partial charge on any atom is 0.516 e. The fraction of sp³-hybridized carbons (Fsp3) is 0.243. The van der Waals surface area contributed by atoms with Gasteiger partial charge < -0.3 is 32.8 Å². The molecule has 1 aliphatic heterocycles. The minimum atomic E-state index is -4.23. The van der Waals surface area contributed by atoms with Crippen LogP contribution in [-0.2, 0) is 32.3 Å². The molecular formula is C37H34N4O10S. The number of nitrogens with one attached hydrogen (secondary N) is 1. The van der Waals surface area contributed by atoms with Crippen molar-refractivity contribution >= 4 is 38.9 Å². The molecular weight excluding hydrogens is 692 g/mol. The summed E-state index contributed by atoms with van der Waals surface area (Å²) in [4.78, 5) is 37.0. The summed E-state index contributed by atoms with van der Waals surface area (Å²) in [7, 11) is -1.86. The van der Waals surface area contributed by atoms with Gasteiger partial charge in [0.1, 0.15) is 11.4 Å². The number of aromatic nitrogens is 3. The summed E-state index contributed by atoms with van der Waals surface area (Å²) in [6.45, 7) is 5.12. The number of methoxy groups -OCH3 is 2. The fourth-order valence-corrected chi connectivity index (χ4v) is 8.39. The lowest BCUT2D eigenvalue weighted by Gasteiger charge is -2.30. The second kappa shape index (κ2) is 13.6. The van der Waals surface area contributed by atoms with Gasteiger partial charge in [0.05, 0.1) is 30.8 Å². The summed E-state index contributed by atoms with van der Waals surface area (Å²) >= 11 is 0. The van der Waals surface area contributed by atoms with Crippen molar-refractivity contribution in [3.05, 3.63) is 118 Å². The van der Waals surface area contributed by atoms with E-state index in [0.717, 1.165) is 16.5 Å². The highest BCUT2D eigenvalue weighted by molar-refractivity contribution is 7.92. The third-order valence-corrected chi connectivity index (χ3v) is 10.7. The molecule has 15 heteroatoms. The van der Waals surface area contributed by atoms with Crippen LogP contribution >= 0.6 is 0 Å². The minimum Gasteiger partial charge on any atom is -0.437 e. The number of hydrogen-bond acceptors (Lipinski definition) is 12. The van der Waals surface area contributed by atoms with Crippen molar-refractivity contribution in [1.29, 1.82) is 0 Å². The number of ether oxygens (including phenoxy) is 4. The van der Waals surface area contributed by atoms with Crippen LogP contribution in [-0.4, -0.2) is 49.9 Å². The molecule has 0 fully saturated rings. The highest BCUT2D eigenvalue weighted by Crippen LogP contribution is 2.54. The predicted molar refractivity (Wildman–Crippen MR) is 186 cm³/mol. The molecule has 0 saturated heterocycles. The number of aryl methyl sites for hydroxylation is 3. The Bertz CT molecular complexity index is 2410. The molecule has 0 saturated carbocycles. The number of nitrogens with zero attached hydrogens (tertiary/aromatic N) is 3. The van der Waals surface area contributed by atoms with Crippen LogP contribution in [0.25, 0.3) is 10.9 Å². The zero-order valence-electron chi connectivity index (χ0n) is 28.8. The van der Waals surface area contributed by atoms with Gasteiger partial charge in [0, 0.05) is 49.2 Å². The number of sulfonamides is 1. The lowest BCUT2D eigenvalue weighted by Crippen LogP contribution is -2.34. The molecule has 0 radical (unpaired) electrons. The molecule has 3 aromatic carbocycles. The van der Waals surface area contributed by atoms with E-state index >= 15 is 0 Å². The summed E-state index contributed by atoms with van der Waals surface area (Å²) in [6.07, 6.45) is -1.79. The van der Waals surface area contributed by atoms with Crippen LogP contribution in [0.15, 0.2) is 86.5 Å². The molecule has 0 unspecified atom stereocenters. The number of hydrogen-bond donors (Lipinski definition) is 1. The number of oxazole rings is 2. The Balaban J connectivity index is 1.46. The van der Waals surface area contributed by atoms with E-state index in [1.165, 1.54) is 18.5 Å². The van der Waals surface area contributed by atoms with Crippen LogP contribution in [0.4, 0.5) is 15.3 Å². The van der Waals surface area contributed by atoms with Gasteiger partial charge in [-0.2, -0.15) is 0 Å². The Labute approximate surface area is 298 Å². The monoisotopic (exact) mass is 726 g/mol. The quantitative estimate of drug-likeness (QED) is 0.148. The summed E-state index contributed by atoms with van der Waals surface area (Å²) < 4.78 is 62.7. The summed E-state index contributed by atoms with van der Waals surface area (Å²) in [6, 6.07) is 20.6. The Morgan fingerprint density at radius 2 is 1.40 bits per heavy atom. The predicted octanol–water partition coefficient (Wildman–Crippen LogP) is 7.23.